The van der Waals surface area contributed by atoms with Crippen molar-refractivity contribution in [3.63, 3.8) is 0 Å². The zero-order valence-electron chi connectivity index (χ0n) is 16.3. The first-order chi connectivity index (χ1) is 13.6. The predicted octanol–water partition coefficient (Wildman–Crippen LogP) is 2.30. The molecule has 1 atom stereocenters. The van der Waals surface area contributed by atoms with Gasteiger partial charge in [0.25, 0.3) is 5.91 Å². The van der Waals surface area contributed by atoms with E-state index in [0.717, 1.165) is 16.9 Å². The quantitative estimate of drug-likeness (QED) is 0.769. The Labute approximate surface area is 165 Å². The minimum Gasteiger partial charge on any atom is -0.497 e. The van der Waals surface area contributed by atoms with Crippen molar-refractivity contribution >= 4 is 11.8 Å². The maximum Gasteiger partial charge on any atom is 0.256 e. The lowest BCUT2D eigenvalue weighted by molar-refractivity contribution is -0.147. The molecule has 0 N–H and O–H groups in total. The van der Waals surface area contributed by atoms with E-state index >= 15 is 0 Å². The van der Waals surface area contributed by atoms with Crippen LogP contribution in [-0.4, -0.2) is 62.0 Å². The monoisotopic (exact) mass is 382 g/mol. The number of benzene rings is 2. The average molecular weight is 382 g/mol. The van der Waals surface area contributed by atoms with Gasteiger partial charge in [0, 0.05) is 33.3 Å². The van der Waals surface area contributed by atoms with Crippen LogP contribution in [0.5, 0.6) is 5.75 Å². The molecule has 0 aliphatic carbocycles. The molecule has 148 valence electrons. The molecule has 1 saturated heterocycles. The standard InChI is InChI=1S/C22H26N2O4/c1-27-19-10-6-7-17(15-19)16-20(25)23-11-13-24(14-12-23)22(26)21(28-2)18-8-4-3-5-9-18/h3-10,15,21H,11-14,16H2,1-2H3. The maximum atomic E-state index is 12.9. The molecule has 1 aliphatic rings. The van der Waals surface area contributed by atoms with Crippen LogP contribution in [0.25, 0.3) is 0 Å². The predicted molar refractivity (Wildman–Crippen MR) is 106 cm³/mol. The molecule has 1 unspecified atom stereocenters. The zero-order valence-corrected chi connectivity index (χ0v) is 16.3. The van der Waals surface area contributed by atoms with E-state index in [9.17, 15) is 9.59 Å². The van der Waals surface area contributed by atoms with Crippen LogP contribution in [0.15, 0.2) is 54.6 Å². The Morgan fingerprint density at radius 3 is 2.25 bits per heavy atom. The van der Waals surface area contributed by atoms with Crippen LogP contribution in [0, 0.1) is 0 Å². The smallest absolute Gasteiger partial charge is 0.256 e. The van der Waals surface area contributed by atoms with Crippen molar-refractivity contribution in [2.45, 2.75) is 12.5 Å². The third-order valence-corrected chi connectivity index (χ3v) is 5.00. The van der Waals surface area contributed by atoms with E-state index in [1.54, 1.807) is 19.1 Å². The fraction of sp³-hybridized carbons (Fsp3) is 0.364. The van der Waals surface area contributed by atoms with Gasteiger partial charge in [0.1, 0.15) is 5.75 Å². The molecule has 2 aromatic carbocycles. The van der Waals surface area contributed by atoms with Gasteiger partial charge in [-0.1, -0.05) is 42.5 Å². The van der Waals surface area contributed by atoms with E-state index in [4.69, 9.17) is 9.47 Å². The number of nitrogens with zero attached hydrogens (tertiary/aromatic N) is 2. The second-order valence-electron chi connectivity index (χ2n) is 6.76. The number of hydrogen-bond donors (Lipinski definition) is 0. The highest BCUT2D eigenvalue weighted by Gasteiger charge is 2.29. The lowest BCUT2D eigenvalue weighted by Crippen LogP contribution is -2.52. The summed E-state index contributed by atoms with van der Waals surface area (Å²) in [5, 5.41) is 0. The Balaban J connectivity index is 1.56. The van der Waals surface area contributed by atoms with Crippen molar-refractivity contribution in [3.05, 3.63) is 65.7 Å². The molecule has 6 nitrogen and oxygen atoms in total. The van der Waals surface area contributed by atoms with Crippen LogP contribution >= 0.6 is 0 Å². The summed E-state index contributed by atoms with van der Waals surface area (Å²) >= 11 is 0. The van der Waals surface area contributed by atoms with Crippen molar-refractivity contribution in [2.75, 3.05) is 40.4 Å². The highest BCUT2D eigenvalue weighted by Crippen LogP contribution is 2.20. The molecule has 0 saturated carbocycles. The molecule has 0 bridgehead atoms. The van der Waals surface area contributed by atoms with Gasteiger partial charge in [0.2, 0.25) is 5.91 Å². The van der Waals surface area contributed by atoms with Gasteiger partial charge in [-0.25, -0.2) is 0 Å². The first kappa shape index (κ1) is 19.9. The molecule has 0 aromatic heterocycles. The van der Waals surface area contributed by atoms with Crippen LogP contribution in [0.1, 0.15) is 17.2 Å². The van der Waals surface area contributed by atoms with E-state index in [0.29, 0.717) is 32.6 Å². The molecule has 0 spiro atoms. The summed E-state index contributed by atoms with van der Waals surface area (Å²) in [5.41, 5.74) is 1.76. The minimum atomic E-state index is -0.611. The molecule has 3 rings (SSSR count). The van der Waals surface area contributed by atoms with E-state index in [1.807, 2.05) is 59.5 Å². The van der Waals surface area contributed by atoms with Gasteiger partial charge in [-0.15, -0.1) is 0 Å². The SMILES string of the molecule is COc1cccc(CC(=O)N2CCN(C(=O)C(OC)c3ccccc3)CC2)c1. The Bertz CT molecular complexity index is 801. The van der Waals surface area contributed by atoms with Gasteiger partial charge in [0.05, 0.1) is 13.5 Å². The summed E-state index contributed by atoms with van der Waals surface area (Å²) in [6, 6.07) is 17.0. The third kappa shape index (κ3) is 4.70. The zero-order chi connectivity index (χ0) is 19.9. The number of ether oxygens (including phenoxy) is 2. The van der Waals surface area contributed by atoms with Crippen molar-refractivity contribution in [1.29, 1.82) is 0 Å². The Morgan fingerprint density at radius 1 is 0.929 bits per heavy atom. The summed E-state index contributed by atoms with van der Waals surface area (Å²) < 4.78 is 10.7. The van der Waals surface area contributed by atoms with E-state index in [2.05, 4.69) is 0 Å². The number of methoxy groups -OCH3 is 2. The molecule has 2 amide bonds. The average Bonchev–Trinajstić information content (AvgIpc) is 2.75. The van der Waals surface area contributed by atoms with Crippen molar-refractivity contribution in [1.82, 2.24) is 9.80 Å². The van der Waals surface area contributed by atoms with Gasteiger partial charge in [-0.05, 0) is 23.3 Å². The topological polar surface area (TPSA) is 59.1 Å². The highest BCUT2D eigenvalue weighted by molar-refractivity contribution is 5.83. The molecular formula is C22H26N2O4. The van der Waals surface area contributed by atoms with E-state index in [-0.39, 0.29) is 11.8 Å². The first-order valence-electron chi connectivity index (χ1n) is 9.39. The van der Waals surface area contributed by atoms with Crippen LogP contribution in [0.2, 0.25) is 0 Å². The van der Waals surface area contributed by atoms with Crippen LogP contribution in [-0.2, 0) is 20.7 Å². The van der Waals surface area contributed by atoms with Gasteiger partial charge < -0.3 is 19.3 Å². The molecule has 2 aromatic rings. The maximum absolute atomic E-state index is 12.9. The summed E-state index contributed by atoms with van der Waals surface area (Å²) in [6.45, 7) is 2.07. The minimum absolute atomic E-state index is 0.0615. The van der Waals surface area contributed by atoms with Crippen LogP contribution in [0.3, 0.4) is 0 Å². The number of carbonyl (C=O) groups is 2. The Hall–Kier alpha value is -2.86. The molecule has 1 aliphatic heterocycles. The second kappa shape index (κ2) is 9.37. The van der Waals surface area contributed by atoms with Crippen molar-refractivity contribution in [3.8, 4) is 5.75 Å². The molecule has 1 fully saturated rings. The van der Waals surface area contributed by atoms with Crippen LogP contribution < -0.4 is 4.74 Å². The molecule has 1 heterocycles. The van der Waals surface area contributed by atoms with Crippen LogP contribution in [0.4, 0.5) is 0 Å². The van der Waals surface area contributed by atoms with E-state index < -0.39 is 6.10 Å². The normalized spacial score (nSPS) is 15.2. The summed E-state index contributed by atoms with van der Waals surface area (Å²) in [6.07, 6.45) is -0.282. The lowest BCUT2D eigenvalue weighted by atomic mass is 10.1. The number of rotatable bonds is 6. The molecule has 28 heavy (non-hydrogen) atoms. The van der Waals surface area contributed by atoms with Gasteiger partial charge in [0.15, 0.2) is 6.10 Å². The largest absolute Gasteiger partial charge is 0.497 e. The lowest BCUT2D eigenvalue weighted by Gasteiger charge is -2.36. The number of piperazine rings is 1. The highest BCUT2D eigenvalue weighted by atomic mass is 16.5. The third-order valence-electron chi connectivity index (χ3n) is 5.00. The second-order valence-corrected chi connectivity index (χ2v) is 6.76. The Kier molecular flexibility index (Phi) is 6.66. The number of amides is 2. The van der Waals surface area contributed by atoms with Crippen molar-refractivity contribution < 1.29 is 19.1 Å². The molecule has 0 radical (unpaired) electrons. The Morgan fingerprint density at radius 2 is 1.61 bits per heavy atom. The number of carbonyl (C=O) groups excluding carboxylic acids is 2. The fourth-order valence-corrected chi connectivity index (χ4v) is 3.42. The van der Waals surface area contributed by atoms with Gasteiger partial charge >= 0.3 is 0 Å². The fourth-order valence-electron chi connectivity index (χ4n) is 3.42. The number of hydrogen-bond acceptors (Lipinski definition) is 4. The molecule has 6 heteroatoms. The summed E-state index contributed by atoms with van der Waals surface area (Å²) in [7, 11) is 3.16. The summed E-state index contributed by atoms with van der Waals surface area (Å²) in [5.74, 6) is 0.743. The summed E-state index contributed by atoms with van der Waals surface area (Å²) in [4.78, 5) is 29.1. The van der Waals surface area contributed by atoms with E-state index in [1.165, 1.54) is 0 Å². The molecular weight excluding hydrogens is 356 g/mol. The van der Waals surface area contributed by atoms with Crippen molar-refractivity contribution in [2.24, 2.45) is 0 Å². The van der Waals surface area contributed by atoms with Gasteiger partial charge in [-0.3, -0.25) is 9.59 Å². The van der Waals surface area contributed by atoms with Gasteiger partial charge in [-0.2, -0.15) is 0 Å². The first-order valence-corrected chi connectivity index (χ1v) is 9.39.